The Morgan fingerprint density at radius 3 is 2.79 bits per heavy atom. The molecule has 0 aliphatic rings. The van der Waals surface area contributed by atoms with Gasteiger partial charge in [-0.2, -0.15) is 0 Å². The fraction of sp³-hybridized carbons (Fsp3) is 0.429. The average molecular weight is 260 g/mol. The fourth-order valence-electron chi connectivity index (χ4n) is 2.08. The first-order valence-electron chi connectivity index (χ1n) is 6.55. The lowest BCUT2D eigenvalue weighted by atomic mass is 10.1. The first-order valence-corrected chi connectivity index (χ1v) is 6.55. The molecule has 1 heterocycles. The minimum Gasteiger partial charge on any atom is -0.497 e. The summed E-state index contributed by atoms with van der Waals surface area (Å²) in [6.07, 6.45) is 1.69. The van der Waals surface area contributed by atoms with Crippen LogP contribution >= 0.6 is 0 Å². The quantitative estimate of drug-likeness (QED) is 0.895. The van der Waals surface area contributed by atoms with Crippen molar-refractivity contribution >= 4 is 0 Å². The van der Waals surface area contributed by atoms with Crippen LogP contribution in [0.15, 0.2) is 24.3 Å². The van der Waals surface area contributed by atoms with Gasteiger partial charge in [0.15, 0.2) is 0 Å². The van der Waals surface area contributed by atoms with E-state index < -0.39 is 0 Å². The zero-order valence-electron chi connectivity index (χ0n) is 11.6. The van der Waals surface area contributed by atoms with Gasteiger partial charge in [-0.3, -0.25) is 0 Å². The highest BCUT2D eigenvalue weighted by molar-refractivity contribution is 5.40. The molecule has 0 amide bonds. The molecular formula is C14H20N4O. The summed E-state index contributed by atoms with van der Waals surface area (Å²) in [6.45, 7) is 4.13. The normalized spacial score (nSPS) is 12.4. The molecule has 5 nitrogen and oxygen atoms in total. The molecule has 1 aromatic heterocycles. The molecule has 1 atom stereocenters. The lowest BCUT2D eigenvalue weighted by molar-refractivity contribution is 0.414. The topological polar surface area (TPSA) is 66.0 Å². The van der Waals surface area contributed by atoms with Gasteiger partial charge < -0.3 is 10.5 Å². The number of hydrogen-bond donors (Lipinski definition) is 1. The van der Waals surface area contributed by atoms with Crippen molar-refractivity contribution in [3.05, 3.63) is 35.7 Å². The van der Waals surface area contributed by atoms with E-state index in [2.05, 4.69) is 24.2 Å². The van der Waals surface area contributed by atoms with Crippen LogP contribution < -0.4 is 10.5 Å². The standard InChI is InChI=1S/C14H20N4O/c1-4-12(15)14-13(5-2)18(17-16-14)10-7-6-8-11(9-10)19-3/h6-9,12H,4-5,15H2,1-3H3. The molecule has 5 heteroatoms. The summed E-state index contributed by atoms with van der Waals surface area (Å²) in [5.74, 6) is 0.802. The van der Waals surface area contributed by atoms with Gasteiger partial charge in [0.25, 0.3) is 0 Å². The lowest BCUT2D eigenvalue weighted by Crippen LogP contribution is -2.12. The van der Waals surface area contributed by atoms with E-state index in [0.717, 1.165) is 35.7 Å². The van der Waals surface area contributed by atoms with E-state index in [1.54, 1.807) is 7.11 Å². The van der Waals surface area contributed by atoms with Crippen molar-refractivity contribution in [3.63, 3.8) is 0 Å². The predicted molar refractivity (Wildman–Crippen MR) is 74.5 cm³/mol. The zero-order valence-corrected chi connectivity index (χ0v) is 11.6. The van der Waals surface area contributed by atoms with E-state index in [4.69, 9.17) is 10.5 Å². The summed E-state index contributed by atoms with van der Waals surface area (Å²) in [4.78, 5) is 0. The summed E-state index contributed by atoms with van der Waals surface area (Å²) < 4.78 is 7.08. The van der Waals surface area contributed by atoms with Crippen molar-refractivity contribution in [3.8, 4) is 11.4 Å². The largest absolute Gasteiger partial charge is 0.497 e. The van der Waals surface area contributed by atoms with Crippen LogP contribution in [0, 0.1) is 0 Å². The zero-order chi connectivity index (χ0) is 13.8. The van der Waals surface area contributed by atoms with Gasteiger partial charge in [-0.1, -0.05) is 25.1 Å². The van der Waals surface area contributed by atoms with Gasteiger partial charge in [-0.05, 0) is 25.0 Å². The van der Waals surface area contributed by atoms with E-state index in [1.165, 1.54) is 0 Å². The Kier molecular flexibility index (Phi) is 4.16. The molecule has 2 rings (SSSR count). The van der Waals surface area contributed by atoms with Gasteiger partial charge in [0.1, 0.15) is 11.4 Å². The molecule has 0 radical (unpaired) electrons. The lowest BCUT2D eigenvalue weighted by Gasteiger charge is -2.10. The number of nitrogens with two attached hydrogens (primary N) is 1. The predicted octanol–water partition coefficient (Wildman–Crippen LogP) is 2.25. The van der Waals surface area contributed by atoms with Crippen molar-refractivity contribution in [2.45, 2.75) is 32.7 Å². The third-order valence-electron chi connectivity index (χ3n) is 3.22. The molecular weight excluding hydrogens is 240 g/mol. The molecule has 0 saturated heterocycles. The van der Waals surface area contributed by atoms with E-state index in [9.17, 15) is 0 Å². The number of nitrogens with zero attached hydrogens (tertiary/aromatic N) is 3. The van der Waals surface area contributed by atoms with E-state index in [1.807, 2.05) is 28.9 Å². The minimum atomic E-state index is -0.0608. The van der Waals surface area contributed by atoms with Crippen molar-refractivity contribution in [1.29, 1.82) is 0 Å². The molecule has 0 saturated carbocycles. The Balaban J connectivity index is 2.47. The maximum Gasteiger partial charge on any atom is 0.121 e. The first-order chi connectivity index (χ1) is 9.21. The first kappa shape index (κ1) is 13.5. The van der Waals surface area contributed by atoms with Crippen LogP contribution in [0.5, 0.6) is 5.75 Å². The number of ether oxygens (including phenoxy) is 1. The Bertz CT molecular complexity index is 550. The van der Waals surface area contributed by atoms with Crippen molar-refractivity contribution < 1.29 is 4.74 Å². The van der Waals surface area contributed by atoms with Crippen LogP contribution in [0.1, 0.15) is 37.7 Å². The highest BCUT2D eigenvalue weighted by atomic mass is 16.5. The Labute approximate surface area is 113 Å². The van der Waals surface area contributed by atoms with Crippen molar-refractivity contribution in [1.82, 2.24) is 15.0 Å². The monoisotopic (exact) mass is 260 g/mol. The van der Waals surface area contributed by atoms with Crippen LogP contribution in [0.25, 0.3) is 5.69 Å². The SMILES string of the molecule is CCc1c(C(N)CC)nnn1-c1cccc(OC)c1. The molecule has 0 bridgehead atoms. The minimum absolute atomic E-state index is 0.0608. The molecule has 102 valence electrons. The smallest absolute Gasteiger partial charge is 0.121 e. The number of methoxy groups -OCH3 is 1. The average Bonchev–Trinajstić information content (AvgIpc) is 2.90. The van der Waals surface area contributed by atoms with Crippen molar-refractivity contribution in [2.75, 3.05) is 7.11 Å². The maximum atomic E-state index is 6.08. The molecule has 2 aromatic rings. The molecule has 1 aromatic carbocycles. The third-order valence-corrected chi connectivity index (χ3v) is 3.22. The summed E-state index contributed by atoms with van der Waals surface area (Å²) in [5.41, 5.74) is 8.96. The maximum absolute atomic E-state index is 6.08. The van der Waals surface area contributed by atoms with Gasteiger partial charge in [-0.25, -0.2) is 4.68 Å². The second kappa shape index (κ2) is 5.84. The molecule has 0 spiro atoms. The van der Waals surface area contributed by atoms with E-state index in [0.29, 0.717) is 0 Å². The van der Waals surface area contributed by atoms with E-state index in [-0.39, 0.29) is 6.04 Å². The molecule has 0 aliphatic heterocycles. The Morgan fingerprint density at radius 1 is 1.37 bits per heavy atom. The Hall–Kier alpha value is -1.88. The molecule has 19 heavy (non-hydrogen) atoms. The van der Waals surface area contributed by atoms with Crippen LogP contribution in [-0.2, 0) is 6.42 Å². The van der Waals surface area contributed by atoms with Gasteiger partial charge in [0.05, 0.1) is 24.5 Å². The summed E-state index contributed by atoms with van der Waals surface area (Å²) >= 11 is 0. The summed E-state index contributed by atoms with van der Waals surface area (Å²) in [7, 11) is 1.65. The van der Waals surface area contributed by atoms with E-state index >= 15 is 0 Å². The van der Waals surface area contributed by atoms with Gasteiger partial charge >= 0.3 is 0 Å². The number of benzene rings is 1. The highest BCUT2D eigenvalue weighted by Crippen LogP contribution is 2.22. The van der Waals surface area contributed by atoms with Gasteiger partial charge in [0.2, 0.25) is 0 Å². The molecule has 1 unspecified atom stereocenters. The molecule has 2 N–H and O–H groups in total. The van der Waals surface area contributed by atoms with Gasteiger partial charge in [-0.15, -0.1) is 5.10 Å². The summed E-state index contributed by atoms with van der Waals surface area (Å²) in [5, 5.41) is 8.47. The second-order valence-corrected chi connectivity index (χ2v) is 4.40. The van der Waals surface area contributed by atoms with Gasteiger partial charge in [0, 0.05) is 6.07 Å². The van der Waals surface area contributed by atoms with Crippen LogP contribution in [-0.4, -0.2) is 22.1 Å². The number of aromatic nitrogens is 3. The molecule has 0 fully saturated rings. The van der Waals surface area contributed by atoms with Crippen LogP contribution in [0.2, 0.25) is 0 Å². The van der Waals surface area contributed by atoms with Crippen LogP contribution in [0.4, 0.5) is 0 Å². The number of hydrogen-bond acceptors (Lipinski definition) is 4. The fourth-order valence-corrected chi connectivity index (χ4v) is 2.08. The summed E-state index contributed by atoms with van der Waals surface area (Å²) in [6, 6.07) is 7.71. The highest BCUT2D eigenvalue weighted by Gasteiger charge is 2.17. The third kappa shape index (κ3) is 2.61. The van der Waals surface area contributed by atoms with Crippen LogP contribution in [0.3, 0.4) is 0 Å². The second-order valence-electron chi connectivity index (χ2n) is 4.40. The molecule has 0 aliphatic carbocycles. The Morgan fingerprint density at radius 2 is 2.16 bits per heavy atom. The van der Waals surface area contributed by atoms with Crippen molar-refractivity contribution in [2.24, 2.45) is 5.73 Å². The number of rotatable bonds is 5.